The van der Waals surface area contributed by atoms with Crippen LogP contribution in [0.4, 0.5) is 5.00 Å². The first kappa shape index (κ1) is 18.6. The molecule has 0 radical (unpaired) electrons. The van der Waals surface area contributed by atoms with E-state index in [1.807, 2.05) is 13.8 Å². The average molecular weight is 376 g/mol. The Kier molecular flexibility index (Phi) is 5.43. The second-order valence-electron chi connectivity index (χ2n) is 6.53. The molecule has 26 heavy (non-hydrogen) atoms. The molecule has 0 atom stereocenters. The predicted molar refractivity (Wildman–Crippen MR) is 101 cm³/mol. The van der Waals surface area contributed by atoms with E-state index >= 15 is 0 Å². The van der Waals surface area contributed by atoms with Crippen LogP contribution in [0.2, 0.25) is 0 Å². The number of likely N-dealkylation sites (N-methyl/N-ethyl adjacent to an activating group) is 1. The fraction of sp³-hybridized carbons (Fsp3) is 0.500. The topological polar surface area (TPSA) is 76.5 Å². The predicted octanol–water partition coefficient (Wildman–Crippen LogP) is 2.94. The average Bonchev–Trinajstić information content (AvgIpc) is 3.24. The minimum atomic E-state index is -0.403. The van der Waals surface area contributed by atoms with E-state index in [2.05, 4.69) is 22.2 Å². The van der Waals surface area contributed by atoms with Gasteiger partial charge in [0.05, 0.1) is 12.7 Å². The first-order chi connectivity index (χ1) is 12.5. The van der Waals surface area contributed by atoms with Gasteiger partial charge in [0.25, 0.3) is 5.91 Å². The molecule has 3 rings (SSSR count). The molecule has 0 aliphatic carbocycles. The van der Waals surface area contributed by atoms with Gasteiger partial charge in [0.1, 0.15) is 10.7 Å². The highest BCUT2D eigenvalue weighted by molar-refractivity contribution is 7.17. The van der Waals surface area contributed by atoms with Crippen molar-refractivity contribution in [3.8, 4) is 0 Å². The van der Waals surface area contributed by atoms with Gasteiger partial charge < -0.3 is 10.1 Å². The number of carbonyl (C=O) groups excluding carboxylic acids is 2. The summed E-state index contributed by atoms with van der Waals surface area (Å²) < 4.78 is 6.64. The van der Waals surface area contributed by atoms with Crippen LogP contribution in [0.5, 0.6) is 0 Å². The lowest BCUT2D eigenvalue weighted by atomic mass is 10.0. The number of nitrogens with zero attached hydrogens (tertiary/aromatic N) is 3. The van der Waals surface area contributed by atoms with Crippen molar-refractivity contribution in [2.45, 2.75) is 39.8 Å². The minimum absolute atomic E-state index is 0.0699. The number of carbonyl (C=O) groups is 2. The fourth-order valence-electron chi connectivity index (χ4n) is 3.21. The van der Waals surface area contributed by atoms with E-state index in [1.54, 1.807) is 16.9 Å². The number of ether oxygens (including phenoxy) is 1. The molecule has 0 fully saturated rings. The Labute approximate surface area is 156 Å². The Hall–Kier alpha value is -2.19. The van der Waals surface area contributed by atoms with Crippen LogP contribution in [0.15, 0.2) is 12.3 Å². The van der Waals surface area contributed by atoms with Crippen LogP contribution in [-0.4, -0.2) is 46.8 Å². The summed E-state index contributed by atoms with van der Waals surface area (Å²) >= 11 is 1.46. The lowest BCUT2D eigenvalue weighted by Crippen LogP contribution is -2.30. The van der Waals surface area contributed by atoms with Gasteiger partial charge in [0, 0.05) is 30.2 Å². The van der Waals surface area contributed by atoms with Crippen LogP contribution in [0, 0.1) is 0 Å². The molecule has 1 N–H and O–H groups in total. The number of fused-ring (bicyclic) bond motifs is 1. The van der Waals surface area contributed by atoms with Crippen LogP contribution in [0.3, 0.4) is 0 Å². The molecule has 2 aromatic rings. The number of thiophene rings is 1. The highest BCUT2D eigenvalue weighted by Crippen LogP contribution is 2.37. The molecule has 7 nitrogen and oxygen atoms in total. The first-order valence-electron chi connectivity index (χ1n) is 8.76. The number of rotatable bonds is 5. The Bertz CT molecular complexity index is 825. The number of nitrogens with one attached hydrogen (secondary N) is 1. The van der Waals surface area contributed by atoms with Gasteiger partial charge in [0.15, 0.2) is 0 Å². The first-order valence-corrected chi connectivity index (χ1v) is 9.57. The molecule has 0 aromatic carbocycles. The van der Waals surface area contributed by atoms with Gasteiger partial charge in [-0.15, -0.1) is 11.3 Å². The fourth-order valence-corrected chi connectivity index (χ4v) is 4.48. The Morgan fingerprint density at radius 1 is 1.42 bits per heavy atom. The second kappa shape index (κ2) is 7.59. The number of aromatic nitrogens is 2. The summed E-state index contributed by atoms with van der Waals surface area (Å²) in [6.45, 7) is 8.70. The molecule has 1 amide bonds. The van der Waals surface area contributed by atoms with Crippen molar-refractivity contribution < 1.29 is 14.3 Å². The zero-order valence-corrected chi connectivity index (χ0v) is 16.4. The molecule has 8 heteroatoms. The summed E-state index contributed by atoms with van der Waals surface area (Å²) in [6, 6.07) is 1.75. The van der Waals surface area contributed by atoms with Gasteiger partial charge in [0.2, 0.25) is 0 Å². The van der Waals surface area contributed by atoms with E-state index in [0.29, 0.717) is 16.3 Å². The maximum absolute atomic E-state index is 12.8. The molecule has 140 valence electrons. The van der Waals surface area contributed by atoms with E-state index in [0.717, 1.165) is 36.5 Å². The maximum atomic E-state index is 12.8. The van der Waals surface area contributed by atoms with Crippen LogP contribution in [0.1, 0.15) is 58.1 Å². The van der Waals surface area contributed by atoms with Crippen LogP contribution in [0.25, 0.3) is 0 Å². The van der Waals surface area contributed by atoms with E-state index in [4.69, 9.17) is 4.74 Å². The van der Waals surface area contributed by atoms with Crippen molar-refractivity contribution in [3.63, 3.8) is 0 Å². The standard InChI is InChI=1S/C18H24N4O3S/c1-5-21-9-7-12-14(10-21)26-17(15(12)18(24)25-4)20-16(23)13-6-8-19-22(13)11(2)3/h6,8,11H,5,7,9-10H2,1-4H3,(H,20,23). The Balaban J connectivity index is 1.94. The molecule has 1 aliphatic heterocycles. The summed E-state index contributed by atoms with van der Waals surface area (Å²) in [6.07, 6.45) is 2.39. The van der Waals surface area contributed by atoms with Crippen LogP contribution < -0.4 is 5.32 Å². The van der Waals surface area contributed by atoms with Crippen molar-refractivity contribution in [2.75, 3.05) is 25.5 Å². The van der Waals surface area contributed by atoms with Crippen molar-refractivity contribution >= 4 is 28.2 Å². The minimum Gasteiger partial charge on any atom is -0.465 e. The normalized spacial score (nSPS) is 14.3. The van der Waals surface area contributed by atoms with E-state index in [9.17, 15) is 9.59 Å². The largest absolute Gasteiger partial charge is 0.465 e. The molecule has 0 saturated heterocycles. The summed E-state index contributed by atoms with van der Waals surface area (Å²) in [5, 5.41) is 7.67. The molecule has 0 unspecified atom stereocenters. The SMILES string of the molecule is CCN1CCc2c(sc(NC(=O)c3ccnn3C(C)C)c2C(=O)OC)C1. The van der Waals surface area contributed by atoms with Gasteiger partial charge in [-0.25, -0.2) is 4.79 Å². The smallest absolute Gasteiger partial charge is 0.341 e. The van der Waals surface area contributed by atoms with Crippen LogP contribution in [-0.2, 0) is 17.7 Å². The third-order valence-electron chi connectivity index (χ3n) is 4.59. The summed E-state index contributed by atoms with van der Waals surface area (Å²) in [4.78, 5) is 28.6. The van der Waals surface area contributed by atoms with E-state index in [1.165, 1.54) is 18.4 Å². The summed E-state index contributed by atoms with van der Waals surface area (Å²) in [5.74, 6) is -0.674. The molecular weight excluding hydrogens is 352 g/mol. The number of anilines is 1. The molecule has 0 spiro atoms. The van der Waals surface area contributed by atoms with Crippen molar-refractivity contribution in [1.82, 2.24) is 14.7 Å². The van der Waals surface area contributed by atoms with Crippen molar-refractivity contribution in [1.29, 1.82) is 0 Å². The molecule has 0 bridgehead atoms. The number of amides is 1. The second-order valence-corrected chi connectivity index (χ2v) is 7.63. The molecular formula is C18H24N4O3S. The van der Waals surface area contributed by atoms with Crippen molar-refractivity contribution in [3.05, 3.63) is 34.0 Å². The summed E-state index contributed by atoms with van der Waals surface area (Å²) in [7, 11) is 1.37. The monoisotopic (exact) mass is 376 g/mol. The van der Waals surface area contributed by atoms with E-state index in [-0.39, 0.29) is 11.9 Å². The molecule has 1 aliphatic rings. The zero-order valence-electron chi connectivity index (χ0n) is 15.5. The molecule has 3 heterocycles. The zero-order chi connectivity index (χ0) is 18.8. The third kappa shape index (κ3) is 3.39. The Morgan fingerprint density at radius 2 is 2.19 bits per heavy atom. The Morgan fingerprint density at radius 3 is 2.85 bits per heavy atom. The van der Waals surface area contributed by atoms with Gasteiger partial charge >= 0.3 is 5.97 Å². The summed E-state index contributed by atoms with van der Waals surface area (Å²) in [5.41, 5.74) is 1.96. The highest BCUT2D eigenvalue weighted by Gasteiger charge is 2.29. The van der Waals surface area contributed by atoms with Crippen LogP contribution >= 0.6 is 11.3 Å². The number of esters is 1. The third-order valence-corrected chi connectivity index (χ3v) is 5.72. The van der Waals surface area contributed by atoms with E-state index < -0.39 is 5.97 Å². The number of hydrogen-bond donors (Lipinski definition) is 1. The van der Waals surface area contributed by atoms with Gasteiger partial charge in [-0.05, 0) is 38.4 Å². The number of hydrogen-bond acceptors (Lipinski definition) is 6. The maximum Gasteiger partial charge on any atom is 0.341 e. The molecule has 0 saturated carbocycles. The number of methoxy groups -OCH3 is 1. The molecule has 2 aromatic heterocycles. The quantitative estimate of drug-likeness (QED) is 0.812. The van der Waals surface area contributed by atoms with Crippen molar-refractivity contribution in [2.24, 2.45) is 0 Å². The highest BCUT2D eigenvalue weighted by atomic mass is 32.1. The van der Waals surface area contributed by atoms with Gasteiger partial charge in [-0.2, -0.15) is 5.10 Å². The van der Waals surface area contributed by atoms with Gasteiger partial charge in [-0.1, -0.05) is 6.92 Å². The van der Waals surface area contributed by atoms with Gasteiger partial charge in [-0.3, -0.25) is 14.4 Å². The lowest BCUT2D eigenvalue weighted by molar-refractivity contribution is 0.0600. The lowest BCUT2D eigenvalue weighted by Gasteiger charge is -2.25.